The molecule has 1 aromatic carbocycles. The van der Waals surface area contributed by atoms with Crippen molar-refractivity contribution < 1.29 is 9.53 Å². The largest absolute Gasteiger partial charge is 0.371 e. The molecule has 1 aliphatic heterocycles. The summed E-state index contributed by atoms with van der Waals surface area (Å²) in [5.74, 6) is 0. The zero-order valence-electron chi connectivity index (χ0n) is 8.82. The summed E-state index contributed by atoms with van der Waals surface area (Å²) in [5.41, 5.74) is 2.91. The number of aldehydes is 1. The van der Waals surface area contributed by atoms with Crippen LogP contribution in [0.25, 0.3) is 0 Å². The summed E-state index contributed by atoms with van der Waals surface area (Å²) in [6, 6.07) is 5.85. The molecule has 1 aromatic rings. The van der Waals surface area contributed by atoms with Crippen LogP contribution in [0.1, 0.15) is 27.6 Å². The van der Waals surface area contributed by atoms with Gasteiger partial charge in [0.2, 0.25) is 0 Å². The van der Waals surface area contributed by atoms with Gasteiger partial charge in [-0.3, -0.25) is 4.79 Å². The molecule has 0 amide bonds. The molecular weight excluding hydrogens is 190 g/mol. The Hall–Kier alpha value is -1.19. The lowest BCUT2D eigenvalue weighted by Gasteiger charge is -2.24. The Labute approximate surface area is 89.4 Å². The number of ether oxygens (including phenoxy) is 1. The first-order chi connectivity index (χ1) is 7.31. The molecule has 0 spiro atoms. The standard InChI is InChI=1S/C12H15NO2/c1-9-6-10(2-3-11(9)8-14)12-7-13-4-5-15-12/h2-3,6,8,12-13H,4-5,7H2,1H3. The Morgan fingerprint density at radius 1 is 1.53 bits per heavy atom. The van der Waals surface area contributed by atoms with E-state index in [2.05, 4.69) is 5.32 Å². The number of rotatable bonds is 2. The van der Waals surface area contributed by atoms with E-state index in [0.29, 0.717) is 0 Å². The maximum atomic E-state index is 10.7. The van der Waals surface area contributed by atoms with Crippen molar-refractivity contribution in [1.82, 2.24) is 5.32 Å². The van der Waals surface area contributed by atoms with Gasteiger partial charge in [-0.05, 0) is 18.1 Å². The van der Waals surface area contributed by atoms with E-state index < -0.39 is 0 Å². The summed E-state index contributed by atoms with van der Waals surface area (Å²) in [4.78, 5) is 10.7. The van der Waals surface area contributed by atoms with Crippen LogP contribution in [-0.4, -0.2) is 26.0 Å². The normalized spacial score (nSPS) is 21.3. The molecule has 3 nitrogen and oxygen atoms in total. The Kier molecular flexibility index (Phi) is 3.14. The van der Waals surface area contributed by atoms with Crippen molar-refractivity contribution in [3.63, 3.8) is 0 Å². The van der Waals surface area contributed by atoms with Crippen LogP contribution in [0.2, 0.25) is 0 Å². The molecule has 2 rings (SSSR count). The van der Waals surface area contributed by atoms with Crippen LogP contribution in [-0.2, 0) is 4.74 Å². The van der Waals surface area contributed by atoms with Crippen LogP contribution in [0, 0.1) is 6.92 Å². The maximum absolute atomic E-state index is 10.7. The van der Waals surface area contributed by atoms with Gasteiger partial charge in [0.25, 0.3) is 0 Å². The predicted molar refractivity (Wildman–Crippen MR) is 58.1 cm³/mol. The quantitative estimate of drug-likeness (QED) is 0.743. The lowest BCUT2D eigenvalue weighted by atomic mass is 10.0. The average molecular weight is 205 g/mol. The minimum atomic E-state index is 0.123. The highest BCUT2D eigenvalue weighted by Gasteiger charge is 2.15. The first-order valence-electron chi connectivity index (χ1n) is 5.19. The van der Waals surface area contributed by atoms with Crippen molar-refractivity contribution >= 4 is 6.29 Å². The number of benzene rings is 1. The van der Waals surface area contributed by atoms with Gasteiger partial charge in [0.05, 0.1) is 12.7 Å². The fourth-order valence-electron chi connectivity index (χ4n) is 1.81. The van der Waals surface area contributed by atoms with Crippen LogP contribution in [0.5, 0.6) is 0 Å². The van der Waals surface area contributed by atoms with E-state index in [1.807, 2.05) is 25.1 Å². The Morgan fingerprint density at radius 3 is 3.00 bits per heavy atom. The molecule has 1 unspecified atom stereocenters. The van der Waals surface area contributed by atoms with Gasteiger partial charge in [0, 0.05) is 18.7 Å². The van der Waals surface area contributed by atoms with Crippen molar-refractivity contribution in [3.05, 3.63) is 34.9 Å². The third kappa shape index (κ3) is 2.25. The van der Waals surface area contributed by atoms with Crippen molar-refractivity contribution in [3.8, 4) is 0 Å². The number of nitrogens with one attached hydrogen (secondary N) is 1. The molecule has 0 saturated carbocycles. The zero-order chi connectivity index (χ0) is 10.7. The predicted octanol–water partition coefficient (Wildman–Crippen LogP) is 1.47. The zero-order valence-corrected chi connectivity index (χ0v) is 8.82. The molecule has 1 saturated heterocycles. The van der Waals surface area contributed by atoms with Gasteiger partial charge in [-0.25, -0.2) is 0 Å². The molecule has 1 aliphatic rings. The smallest absolute Gasteiger partial charge is 0.150 e. The van der Waals surface area contributed by atoms with E-state index in [0.717, 1.165) is 42.7 Å². The summed E-state index contributed by atoms with van der Waals surface area (Å²) in [5, 5.41) is 3.29. The Morgan fingerprint density at radius 2 is 2.40 bits per heavy atom. The number of hydrogen-bond donors (Lipinski definition) is 1. The SMILES string of the molecule is Cc1cc(C2CNCCO2)ccc1C=O. The van der Waals surface area contributed by atoms with E-state index in [4.69, 9.17) is 4.74 Å². The molecule has 1 atom stereocenters. The summed E-state index contributed by atoms with van der Waals surface area (Å²) in [6.07, 6.45) is 1.01. The lowest BCUT2D eigenvalue weighted by molar-refractivity contribution is 0.0276. The Bertz CT molecular complexity index is 357. The molecule has 0 aliphatic carbocycles. The second-order valence-corrected chi connectivity index (χ2v) is 3.80. The number of carbonyl (C=O) groups excluding carboxylic acids is 1. The molecule has 0 radical (unpaired) electrons. The summed E-state index contributed by atoms with van der Waals surface area (Å²) in [7, 11) is 0. The van der Waals surface area contributed by atoms with E-state index in [1.54, 1.807) is 0 Å². The minimum absolute atomic E-state index is 0.123. The number of carbonyl (C=O) groups is 1. The van der Waals surface area contributed by atoms with Gasteiger partial charge in [-0.1, -0.05) is 18.2 Å². The van der Waals surface area contributed by atoms with E-state index >= 15 is 0 Å². The van der Waals surface area contributed by atoms with Gasteiger partial charge in [-0.15, -0.1) is 0 Å². The minimum Gasteiger partial charge on any atom is -0.371 e. The molecule has 0 aromatic heterocycles. The van der Waals surface area contributed by atoms with Crippen LogP contribution in [0.3, 0.4) is 0 Å². The van der Waals surface area contributed by atoms with E-state index in [-0.39, 0.29) is 6.10 Å². The average Bonchev–Trinajstić information content (AvgIpc) is 2.30. The molecular formula is C12H15NO2. The first-order valence-corrected chi connectivity index (χ1v) is 5.19. The van der Waals surface area contributed by atoms with Crippen LogP contribution < -0.4 is 5.32 Å². The molecule has 15 heavy (non-hydrogen) atoms. The number of aryl methyl sites for hydroxylation is 1. The molecule has 3 heteroatoms. The van der Waals surface area contributed by atoms with Crippen molar-refractivity contribution in [2.45, 2.75) is 13.0 Å². The fraction of sp³-hybridized carbons (Fsp3) is 0.417. The highest BCUT2D eigenvalue weighted by Crippen LogP contribution is 2.20. The molecule has 80 valence electrons. The summed E-state index contributed by atoms with van der Waals surface area (Å²) >= 11 is 0. The van der Waals surface area contributed by atoms with Crippen molar-refractivity contribution in [1.29, 1.82) is 0 Å². The second-order valence-electron chi connectivity index (χ2n) is 3.80. The topological polar surface area (TPSA) is 38.3 Å². The number of hydrogen-bond acceptors (Lipinski definition) is 3. The maximum Gasteiger partial charge on any atom is 0.150 e. The van der Waals surface area contributed by atoms with Gasteiger partial charge < -0.3 is 10.1 Å². The molecule has 1 heterocycles. The highest BCUT2D eigenvalue weighted by molar-refractivity contribution is 5.77. The van der Waals surface area contributed by atoms with Gasteiger partial charge in [0.15, 0.2) is 0 Å². The third-order valence-corrected chi connectivity index (χ3v) is 2.72. The van der Waals surface area contributed by atoms with Gasteiger partial charge in [0.1, 0.15) is 6.29 Å². The van der Waals surface area contributed by atoms with Crippen molar-refractivity contribution in [2.24, 2.45) is 0 Å². The second kappa shape index (κ2) is 4.55. The van der Waals surface area contributed by atoms with E-state index in [9.17, 15) is 4.79 Å². The first kappa shape index (κ1) is 10.3. The monoisotopic (exact) mass is 205 g/mol. The molecule has 0 bridgehead atoms. The third-order valence-electron chi connectivity index (χ3n) is 2.72. The molecule has 1 fully saturated rings. The summed E-state index contributed by atoms with van der Waals surface area (Å²) in [6.45, 7) is 4.46. The Balaban J connectivity index is 2.21. The summed E-state index contributed by atoms with van der Waals surface area (Å²) < 4.78 is 5.64. The van der Waals surface area contributed by atoms with Crippen LogP contribution >= 0.6 is 0 Å². The van der Waals surface area contributed by atoms with Crippen LogP contribution in [0.15, 0.2) is 18.2 Å². The van der Waals surface area contributed by atoms with Gasteiger partial charge >= 0.3 is 0 Å². The highest BCUT2D eigenvalue weighted by atomic mass is 16.5. The molecule has 1 N–H and O–H groups in total. The van der Waals surface area contributed by atoms with Crippen LogP contribution in [0.4, 0.5) is 0 Å². The lowest BCUT2D eigenvalue weighted by Crippen LogP contribution is -2.33. The fourth-order valence-corrected chi connectivity index (χ4v) is 1.81. The van der Waals surface area contributed by atoms with Gasteiger partial charge in [-0.2, -0.15) is 0 Å². The van der Waals surface area contributed by atoms with E-state index in [1.165, 1.54) is 0 Å². The van der Waals surface area contributed by atoms with Crippen molar-refractivity contribution in [2.75, 3.05) is 19.7 Å². The number of morpholine rings is 1.